The monoisotopic (exact) mass is 187 g/mol. The first-order valence-electron chi connectivity index (χ1n) is 4.01. The lowest BCUT2D eigenvalue weighted by Gasteiger charge is -1.98. The summed E-state index contributed by atoms with van der Waals surface area (Å²) < 4.78 is 4.97. The topological polar surface area (TPSA) is 50.1 Å². The second-order valence-electron chi connectivity index (χ2n) is 2.60. The molecule has 0 heterocycles. The van der Waals surface area contributed by atoms with Gasteiger partial charge < -0.3 is 4.74 Å². The molecule has 3 heteroatoms. The van der Waals surface area contributed by atoms with Crippen LogP contribution in [0.25, 0.3) is 6.08 Å². The standard InChI is InChI=1S/C11H9NO2/c1-14-11-4-2-9(3-5-11)6-10(7-12)8-13/h2-6,8H,1H3. The van der Waals surface area contributed by atoms with Gasteiger partial charge in [0, 0.05) is 0 Å². The lowest BCUT2D eigenvalue weighted by atomic mass is 10.1. The minimum atomic E-state index is 0.107. The summed E-state index contributed by atoms with van der Waals surface area (Å²) in [7, 11) is 1.58. The van der Waals surface area contributed by atoms with Crippen LogP contribution in [-0.2, 0) is 4.79 Å². The van der Waals surface area contributed by atoms with Crippen molar-refractivity contribution in [1.29, 1.82) is 5.26 Å². The van der Waals surface area contributed by atoms with Crippen LogP contribution < -0.4 is 4.74 Å². The number of carbonyl (C=O) groups excluding carboxylic acids is 1. The maximum absolute atomic E-state index is 10.3. The molecule has 0 atom stereocenters. The predicted octanol–water partition coefficient (Wildman–Crippen LogP) is 1.80. The molecule has 0 aromatic heterocycles. The number of allylic oxidation sites excluding steroid dienone is 1. The molecule has 0 radical (unpaired) electrons. The molecule has 0 aliphatic carbocycles. The Morgan fingerprint density at radius 1 is 1.43 bits per heavy atom. The number of nitrogens with zero attached hydrogens (tertiary/aromatic N) is 1. The van der Waals surface area contributed by atoms with E-state index < -0.39 is 0 Å². The molecule has 0 aliphatic heterocycles. The van der Waals surface area contributed by atoms with Gasteiger partial charge >= 0.3 is 0 Å². The highest BCUT2D eigenvalue weighted by molar-refractivity contribution is 5.86. The fourth-order valence-electron chi connectivity index (χ4n) is 0.972. The zero-order valence-electron chi connectivity index (χ0n) is 7.73. The summed E-state index contributed by atoms with van der Waals surface area (Å²) in [5.41, 5.74) is 0.907. The number of methoxy groups -OCH3 is 1. The van der Waals surface area contributed by atoms with Gasteiger partial charge in [0.15, 0.2) is 6.29 Å². The minimum absolute atomic E-state index is 0.107. The predicted molar refractivity (Wildman–Crippen MR) is 52.6 cm³/mol. The van der Waals surface area contributed by atoms with Gasteiger partial charge in [-0.05, 0) is 23.8 Å². The normalized spacial score (nSPS) is 10.4. The molecule has 1 aromatic carbocycles. The van der Waals surface area contributed by atoms with Crippen LogP contribution in [0.15, 0.2) is 29.8 Å². The Morgan fingerprint density at radius 3 is 2.50 bits per heavy atom. The van der Waals surface area contributed by atoms with Gasteiger partial charge in [0.2, 0.25) is 0 Å². The largest absolute Gasteiger partial charge is 0.497 e. The van der Waals surface area contributed by atoms with Crippen molar-refractivity contribution in [2.75, 3.05) is 7.11 Å². The molecule has 70 valence electrons. The van der Waals surface area contributed by atoms with Gasteiger partial charge in [-0.15, -0.1) is 0 Å². The minimum Gasteiger partial charge on any atom is -0.497 e. The van der Waals surface area contributed by atoms with Crippen molar-refractivity contribution >= 4 is 12.4 Å². The van der Waals surface area contributed by atoms with Crippen molar-refractivity contribution in [3.63, 3.8) is 0 Å². The second kappa shape index (κ2) is 4.83. The highest BCUT2D eigenvalue weighted by atomic mass is 16.5. The Labute approximate surface area is 82.2 Å². The van der Waals surface area contributed by atoms with Crippen molar-refractivity contribution in [2.45, 2.75) is 0 Å². The second-order valence-corrected chi connectivity index (χ2v) is 2.60. The lowest BCUT2D eigenvalue weighted by Crippen LogP contribution is -1.83. The molecular formula is C11H9NO2. The van der Waals surface area contributed by atoms with Crippen LogP contribution in [0.3, 0.4) is 0 Å². The first-order valence-corrected chi connectivity index (χ1v) is 4.01. The van der Waals surface area contributed by atoms with E-state index in [1.807, 2.05) is 0 Å². The van der Waals surface area contributed by atoms with E-state index in [0.29, 0.717) is 6.29 Å². The van der Waals surface area contributed by atoms with Crippen LogP contribution in [0, 0.1) is 11.3 Å². The van der Waals surface area contributed by atoms with Crippen molar-refractivity contribution < 1.29 is 9.53 Å². The third-order valence-electron chi connectivity index (χ3n) is 1.69. The van der Waals surface area contributed by atoms with Crippen LogP contribution in [0.4, 0.5) is 0 Å². The van der Waals surface area contributed by atoms with Crippen molar-refractivity contribution in [3.05, 3.63) is 35.4 Å². The Bertz CT molecular complexity index is 385. The molecule has 0 saturated heterocycles. The summed E-state index contributed by atoms with van der Waals surface area (Å²) in [4.78, 5) is 10.3. The molecule has 0 aliphatic rings. The van der Waals surface area contributed by atoms with Gasteiger partial charge in [-0.25, -0.2) is 0 Å². The summed E-state index contributed by atoms with van der Waals surface area (Å²) >= 11 is 0. The molecule has 0 bridgehead atoms. The highest BCUT2D eigenvalue weighted by Gasteiger charge is 1.94. The number of hydrogen-bond donors (Lipinski definition) is 0. The van der Waals surface area contributed by atoms with E-state index in [4.69, 9.17) is 10.00 Å². The van der Waals surface area contributed by atoms with Gasteiger partial charge in [0.05, 0.1) is 12.7 Å². The van der Waals surface area contributed by atoms with Crippen molar-refractivity contribution in [1.82, 2.24) is 0 Å². The van der Waals surface area contributed by atoms with Gasteiger partial charge in [0.25, 0.3) is 0 Å². The number of aldehydes is 1. The van der Waals surface area contributed by atoms with Crippen LogP contribution >= 0.6 is 0 Å². The van der Waals surface area contributed by atoms with Crippen LogP contribution in [0.1, 0.15) is 5.56 Å². The summed E-state index contributed by atoms with van der Waals surface area (Å²) in [5.74, 6) is 0.742. The number of ether oxygens (including phenoxy) is 1. The van der Waals surface area contributed by atoms with E-state index in [-0.39, 0.29) is 5.57 Å². The molecule has 0 unspecified atom stereocenters. The van der Waals surface area contributed by atoms with E-state index >= 15 is 0 Å². The molecular weight excluding hydrogens is 178 g/mol. The highest BCUT2D eigenvalue weighted by Crippen LogP contribution is 2.13. The maximum Gasteiger partial charge on any atom is 0.160 e. The molecule has 0 N–H and O–H groups in total. The first kappa shape index (κ1) is 10.0. The number of carbonyl (C=O) groups is 1. The average molecular weight is 187 g/mol. The Balaban J connectivity index is 2.94. The SMILES string of the molecule is COc1ccc(C=C(C#N)C=O)cc1. The lowest BCUT2D eigenvalue weighted by molar-refractivity contribution is -0.104. The Kier molecular flexibility index (Phi) is 3.45. The van der Waals surface area contributed by atoms with E-state index in [0.717, 1.165) is 11.3 Å². The van der Waals surface area contributed by atoms with Crippen LogP contribution in [0.2, 0.25) is 0 Å². The third kappa shape index (κ3) is 2.46. The summed E-state index contributed by atoms with van der Waals surface area (Å²) in [5, 5.41) is 8.51. The number of benzene rings is 1. The summed E-state index contributed by atoms with van der Waals surface area (Å²) in [6, 6.07) is 8.88. The summed E-state index contributed by atoms with van der Waals surface area (Å²) in [6.45, 7) is 0. The van der Waals surface area contributed by atoms with E-state index in [1.54, 1.807) is 37.4 Å². The summed E-state index contributed by atoms with van der Waals surface area (Å²) in [6.07, 6.45) is 2.05. The number of rotatable bonds is 3. The Hall–Kier alpha value is -2.08. The fourth-order valence-corrected chi connectivity index (χ4v) is 0.972. The van der Waals surface area contributed by atoms with Crippen LogP contribution in [0.5, 0.6) is 5.75 Å². The Morgan fingerprint density at radius 2 is 2.07 bits per heavy atom. The molecule has 0 spiro atoms. The maximum atomic E-state index is 10.3. The van der Waals surface area contributed by atoms with E-state index in [9.17, 15) is 4.79 Å². The van der Waals surface area contributed by atoms with E-state index in [2.05, 4.69) is 0 Å². The number of nitriles is 1. The molecule has 3 nitrogen and oxygen atoms in total. The fraction of sp³-hybridized carbons (Fsp3) is 0.0909. The van der Waals surface area contributed by atoms with Gasteiger partial charge in [0.1, 0.15) is 11.8 Å². The molecule has 0 fully saturated rings. The quantitative estimate of drug-likeness (QED) is 0.412. The van der Waals surface area contributed by atoms with Crippen LogP contribution in [-0.4, -0.2) is 13.4 Å². The van der Waals surface area contributed by atoms with Gasteiger partial charge in [-0.2, -0.15) is 5.26 Å². The zero-order chi connectivity index (χ0) is 10.4. The molecule has 0 amide bonds. The zero-order valence-corrected chi connectivity index (χ0v) is 7.73. The van der Waals surface area contributed by atoms with E-state index in [1.165, 1.54) is 6.08 Å². The smallest absolute Gasteiger partial charge is 0.160 e. The van der Waals surface area contributed by atoms with Crippen molar-refractivity contribution in [3.8, 4) is 11.8 Å². The average Bonchev–Trinajstić information content (AvgIpc) is 2.26. The first-order chi connectivity index (χ1) is 6.80. The number of hydrogen-bond acceptors (Lipinski definition) is 3. The van der Waals surface area contributed by atoms with Crippen molar-refractivity contribution in [2.24, 2.45) is 0 Å². The molecule has 1 rings (SSSR count). The van der Waals surface area contributed by atoms with Gasteiger partial charge in [-0.1, -0.05) is 12.1 Å². The molecule has 1 aromatic rings. The molecule has 0 saturated carbocycles. The van der Waals surface area contributed by atoms with Gasteiger partial charge in [-0.3, -0.25) is 4.79 Å². The molecule has 14 heavy (non-hydrogen) atoms. The third-order valence-corrected chi connectivity index (χ3v) is 1.69.